The SMILES string of the molecule is CN[Si](C)(C)C1C2SC(C)=CC2C2C3CCC(C)CC3N(C)C21. The number of allylic oxidation sites excluding steroid dienone is 2. The number of nitrogens with one attached hydrogen (secondary N) is 1. The summed E-state index contributed by atoms with van der Waals surface area (Å²) in [5.74, 6) is 3.67. The summed E-state index contributed by atoms with van der Waals surface area (Å²) in [6.45, 7) is 9.97. The summed E-state index contributed by atoms with van der Waals surface area (Å²) in [4.78, 5) is 8.27. The van der Waals surface area contributed by atoms with Gasteiger partial charge in [0, 0.05) is 17.3 Å². The van der Waals surface area contributed by atoms with E-state index in [1.165, 1.54) is 19.3 Å². The number of hydrogen-bond acceptors (Lipinski definition) is 3. The summed E-state index contributed by atoms with van der Waals surface area (Å²) in [6, 6.07) is 1.69. The van der Waals surface area contributed by atoms with Crippen molar-refractivity contribution in [1.29, 1.82) is 0 Å². The minimum atomic E-state index is -1.41. The van der Waals surface area contributed by atoms with Crippen molar-refractivity contribution in [2.24, 2.45) is 23.7 Å². The Morgan fingerprint density at radius 2 is 2.04 bits per heavy atom. The predicted octanol–water partition coefficient (Wildman–Crippen LogP) is 4.17. The fourth-order valence-electron chi connectivity index (χ4n) is 6.58. The largest absolute Gasteiger partial charge is 0.340 e. The van der Waals surface area contributed by atoms with Crippen molar-refractivity contribution in [3.8, 4) is 0 Å². The maximum atomic E-state index is 3.81. The van der Waals surface area contributed by atoms with Gasteiger partial charge in [-0.1, -0.05) is 32.5 Å². The van der Waals surface area contributed by atoms with Gasteiger partial charge in [0.25, 0.3) is 0 Å². The van der Waals surface area contributed by atoms with Crippen LogP contribution >= 0.6 is 11.8 Å². The van der Waals surface area contributed by atoms with Gasteiger partial charge in [0.05, 0.1) is 0 Å². The topological polar surface area (TPSA) is 15.3 Å². The van der Waals surface area contributed by atoms with Gasteiger partial charge in [-0.3, -0.25) is 4.90 Å². The van der Waals surface area contributed by atoms with E-state index in [0.29, 0.717) is 0 Å². The van der Waals surface area contributed by atoms with Gasteiger partial charge >= 0.3 is 0 Å². The molecule has 0 bridgehead atoms. The Bertz CT molecular complexity index is 519. The average molecular weight is 351 g/mol. The zero-order valence-corrected chi connectivity index (χ0v) is 17.5. The van der Waals surface area contributed by atoms with Crippen LogP contribution in [0.25, 0.3) is 0 Å². The quantitative estimate of drug-likeness (QED) is 0.753. The Labute approximate surface area is 147 Å². The van der Waals surface area contributed by atoms with Crippen molar-refractivity contribution in [3.63, 3.8) is 0 Å². The van der Waals surface area contributed by atoms with Crippen molar-refractivity contribution >= 4 is 20.0 Å². The van der Waals surface area contributed by atoms with Crippen LogP contribution in [0.15, 0.2) is 11.0 Å². The molecule has 4 rings (SSSR count). The molecule has 130 valence electrons. The zero-order chi connectivity index (χ0) is 16.5. The van der Waals surface area contributed by atoms with E-state index in [1.807, 2.05) is 0 Å². The summed E-state index contributed by atoms with van der Waals surface area (Å²) < 4.78 is 0. The van der Waals surface area contributed by atoms with Gasteiger partial charge in [-0.2, -0.15) is 0 Å². The lowest BCUT2D eigenvalue weighted by Crippen LogP contribution is -2.55. The molecule has 0 aromatic heterocycles. The van der Waals surface area contributed by atoms with E-state index in [9.17, 15) is 0 Å². The molecular weight excluding hydrogens is 316 g/mol. The van der Waals surface area contributed by atoms with Crippen LogP contribution in [0.2, 0.25) is 18.6 Å². The van der Waals surface area contributed by atoms with Crippen LogP contribution in [0.5, 0.6) is 0 Å². The summed E-state index contributed by atoms with van der Waals surface area (Å²) in [7, 11) is 3.27. The second kappa shape index (κ2) is 5.62. The first-order valence-electron chi connectivity index (χ1n) is 9.61. The number of rotatable bonds is 2. The van der Waals surface area contributed by atoms with Crippen molar-refractivity contribution < 1.29 is 0 Å². The number of nitrogens with zero attached hydrogens (tertiary/aromatic N) is 1. The molecule has 23 heavy (non-hydrogen) atoms. The van der Waals surface area contributed by atoms with Gasteiger partial charge in [0.2, 0.25) is 0 Å². The van der Waals surface area contributed by atoms with Crippen LogP contribution in [0.3, 0.4) is 0 Å². The highest BCUT2D eigenvalue weighted by atomic mass is 32.2. The van der Waals surface area contributed by atoms with Gasteiger partial charge < -0.3 is 4.98 Å². The Morgan fingerprint density at radius 1 is 1.30 bits per heavy atom. The molecule has 1 N–H and O–H groups in total. The van der Waals surface area contributed by atoms with Crippen molar-refractivity contribution in [2.45, 2.75) is 69.1 Å². The highest BCUT2D eigenvalue weighted by Gasteiger charge is 2.65. The first kappa shape index (κ1) is 16.7. The number of likely N-dealkylation sites (tertiary alicyclic amines) is 1. The average Bonchev–Trinajstić information content (AvgIpc) is 3.08. The van der Waals surface area contributed by atoms with Crippen LogP contribution in [0, 0.1) is 23.7 Å². The van der Waals surface area contributed by atoms with Crippen molar-refractivity contribution in [1.82, 2.24) is 9.88 Å². The van der Waals surface area contributed by atoms with E-state index < -0.39 is 8.24 Å². The molecule has 4 heteroatoms. The Hall–Kier alpha value is 0.227. The predicted molar refractivity (Wildman–Crippen MR) is 104 cm³/mol. The first-order chi connectivity index (χ1) is 10.8. The number of thioether (sulfide) groups is 1. The van der Waals surface area contributed by atoms with Crippen molar-refractivity contribution in [3.05, 3.63) is 11.0 Å². The maximum absolute atomic E-state index is 3.81. The fraction of sp³-hybridized carbons (Fsp3) is 0.895. The van der Waals surface area contributed by atoms with Crippen LogP contribution in [0.1, 0.15) is 33.1 Å². The van der Waals surface area contributed by atoms with E-state index >= 15 is 0 Å². The van der Waals surface area contributed by atoms with E-state index in [4.69, 9.17) is 0 Å². The third-order valence-electron chi connectivity index (χ3n) is 7.79. The second-order valence-corrected chi connectivity index (χ2v) is 15.4. The van der Waals surface area contributed by atoms with Crippen LogP contribution < -0.4 is 4.98 Å². The third kappa shape index (κ3) is 2.35. The van der Waals surface area contributed by atoms with Crippen molar-refractivity contribution in [2.75, 3.05) is 14.1 Å². The van der Waals surface area contributed by atoms with E-state index in [0.717, 1.165) is 46.5 Å². The van der Waals surface area contributed by atoms with E-state index in [-0.39, 0.29) is 0 Å². The molecule has 8 atom stereocenters. The summed E-state index contributed by atoms with van der Waals surface area (Å²) in [5.41, 5.74) is 0.882. The molecule has 1 saturated heterocycles. The van der Waals surface area contributed by atoms with Gasteiger partial charge in [-0.15, -0.1) is 11.8 Å². The fourth-order valence-corrected chi connectivity index (χ4v) is 11.9. The number of fused-ring (bicyclic) bond motifs is 5. The minimum absolute atomic E-state index is 0.830. The standard InChI is InChI=1S/C19H34N2SSi/c1-11-7-8-13-15(9-11)21(4)17-16(13)14-10-12(2)22-18(14)19(17)23(5,6)20-3/h10-11,13-20H,7-9H2,1-6H3. The summed E-state index contributed by atoms with van der Waals surface area (Å²) >= 11 is 2.21. The Morgan fingerprint density at radius 3 is 2.74 bits per heavy atom. The molecule has 0 amide bonds. The van der Waals surface area contributed by atoms with Crippen LogP contribution in [-0.2, 0) is 0 Å². The molecule has 2 saturated carbocycles. The highest BCUT2D eigenvalue weighted by molar-refractivity contribution is 8.04. The monoisotopic (exact) mass is 350 g/mol. The van der Waals surface area contributed by atoms with E-state index in [1.54, 1.807) is 4.91 Å². The molecule has 4 aliphatic rings. The smallest absolute Gasteiger partial charge is 0.125 e. The lowest BCUT2D eigenvalue weighted by atomic mass is 9.72. The summed E-state index contributed by atoms with van der Waals surface area (Å²) in [6.07, 6.45) is 7.05. The lowest BCUT2D eigenvalue weighted by molar-refractivity contribution is 0.147. The van der Waals surface area contributed by atoms with E-state index in [2.05, 4.69) is 68.8 Å². The van der Waals surface area contributed by atoms with Gasteiger partial charge in [0.15, 0.2) is 0 Å². The molecule has 0 spiro atoms. The van der Waals surface area contributed by atoms with Crippen LogP contribution in [0.4, 0.5) is 0 Å². The molecule has 0 aromatic carbocycles. The molecule has 8 unspecified atom stereocenters. The number of hydrogen-bond donors (Lipinski definition) is 1. The molecule has 2 nitrogen and oxygen atoms in total. The molecular formula is C19H34N2SSi. The third-order valence-corrected chi connectivity index (χ3v) is 13.1. The van der Waals surface area contributed by atoms with Gasteiger partial charge in [-0.05, 0) is 68.0 Å². The highest BCUT2D eigenvalue weighted by Crippen LogP contribution is 2.64. The zero-order valence-electron chi connectivity index (χ0n) is 15.7. The molecule has 2 aliphatic heterocycles. The molecule has 0 radical (unpaired) electrons. The summed E-state index contributed by atoms with van der Waals surface area (Å²) in [5, 5.41) is 0.849. The van der Waals surface area contributed by atoms with Crippen LogP contribution in [-0.4, -0.2) is 44.6 Å². The lowest BCUT2D eigenvalue weighted by Gasteiger charge is -2.41. The maximum Gasteiger partial charge on any atom is 0.125 e. The Kier molecular flexibility index (Phi) is 4.07. The molecule has 0 aromatic rings. The molecule has 2 heterocycles. The minimum Gasteiger partial charge on any atom is -0.340 e. The Balaban J connectivity index is 1.74. The van der Waals surface area contributed by atoms with Gasteiger partial charge in [-0.25, -0.2) is 0 Å². The molecule has 3 fully saturated rings. The second-order valence-electron chi connectivity index (χ2n) is 9.32. The molecule has 2 aliphatic carbocycles. The normalized spacial score (nSPS) is 49.7. The first-order valence-corrected chi connectivity index (χ1v) is 13.6. The van der Waals surface area contributed by atoms with Gasteiger partial charge in [0.1, 0.15) is 8.24 Å².